The fraction of sp³-hybridized carbons (Fsp3) is 0.308. The monoisotopic (exact) mass is 417 g/mol. The second kappa shape index (κ2) is 4.85. The molecule has 1 saturated carbocycles. The number of nitrogens with zero attached hydrogens (tertiary/aromatic N) is 2. The minimum atomic E-state index is 0.640. The van der Waals surface area contributed by atoms with E-state index >= 15 is 0 Å². The quantitative estimate of drug-likeness (QED) is 0.737. The van der Waals surface area contributed by atoms with Gasteiger partial charge in [0.1, 0.15) is 0 Å². The Morgan fingerprint density at radius 3 is 2.89 bits per heavy atom. The van der Waals surface area contributed by atoms with Gasteiger partial charge in [0.2, 0.25) is 5.95 Å². The number of hydrogen-bond donors (Lipinski definition) is 1. The predicted molar refractivity (Wildman–Crippen MR) is 85.4 cm³/mol. The zero-order valence-corrected chi connectivity index (χ0v) is 13.7. The van der Waals surface area contributed by atoms with Crippen LogP contribution in [0.15, 0.2) is 28.9 Å². The van der Waals surface area contributed by atoms with Crippen LogP contribution in [0.2, 0.25) is 0 Å². The number of anilines is 2. The summed E-state index contributed by atoms with van der Waals surface area (Å²) in [6.07, 6.45) is 4.66. The summed E-state index contributed by atoms with van der Waals surface area (Å²) in [5.41, 5.74) is 2.13. The molecule has 1 aromatic carbocycles. The summed E-state index contributed by atoms with van der Waals surface area (Å²) in [6.45, 7) is 2.04. The Morgan fingerprint density at radius 2 is 2.22 bits per heavy atom. The maximum atomic E-state index is 4.55. The van der Waals surface area contributed by atoms with Crippen molar-refractivity contribution >= 4 is 50.2 Å². The van der Waals surface area contributed by atoms with Crippen LogP contribution in [0.3, 0.4) is 0 Å². The lowest BCUT2D eigenvalue weighted by Crippen LogP contribution is -2.01. The molecule has 0 bridgehead atoms. The molecule has 18 heavy (non-hydrogen) atoms. The molecule has 0 aliphatic heterocycles. The van der Waals surface area contributed by atoms with Crippen LogP contribution in [0.25, 0.3) is 0 Å². The largest absolute Gasteiger partial charge is 0.326 e. The molecule has 0 saturated heterocycles. The molecule has 1 aromatic heterocycles. The molecule has 0 atom stereocenters. The highest BCUT2D eigenvalue weighted by molar-refractivity contribution is 14.1. The summed E-state index contributed by atoms with van der Waals surface area (Å²) in [6, 6.07) is 6.89. The van der Waals surface area contributed by atoms with E-state index in [9.17, 15) is 0 Å². The number of benzene rings is 1. The number of imidazole rings is 1. The highest BCUT2D eigenvalue weighted by atomic mass is 127. The van der Waals surface area contributed by atoms with Crippen LogP contribution in [-0.4, -0.2) is 9.55 Å². The molecule has 2 aromatic rings. The van der Waals surface area contributed by atoms with Crippen molar-refractivity contribution in [2.45, 2.75) is 25.8 Å². The fourth-order valence-corrected chi connectivity index (χ4v) is 2.66. The fourth-order valence-electron chi connectivity index (χ4n) is 1.94. The third kappa shape index (κ3) is 2.56. The van der Waals surface area contributed by atoms with Gasteiger partial charge in [-0.15, -0.1) is 0 Å². The molecule has 3 rings (SSSR count). The molecule has 0 unspecified atom stereocenters. The first-order valence-electron chi connectivity index (χ1n) is 5.91. The average Bonchev–Trinajstić information content (AvgIpc) is 3.09. The summed E-state index contributed by atoms with van der Waals surface area (Å²) in [5, 5.41) is 3.40. The van der Waals surface area contributed by atoms with Crippen molar-refractivity contribution in [3.8, 4) is 0 Å². The van der Waals surface area contributed by atoms with Gasteiger partial charge >= 0.3 is 0 Å². The molecule has 1 heterocycles. The Morgan fingerprint density at radius 1 is 1.44 bits per heavy atom. The SMILES string of the molecule is Cc1cn(C2CC2)c(Nc2ccc(I)c(Br)c2)n1. The van der Waals surface area contributed by atoms with Crippen molar-refractivity contribution in [1.29, 1.82) is 0 Å². The smallest absolute Gasteiger partial charge is 0.207 e. The molecule has 94 valence electrons. The van der Waals surface area contributed by atoms with E-state index in [1.807, 2.05) is 6.92 Å². The molecule has 5 heteroatoms. The maximum Gasteiger partial charge on any atom is 0.207 e. The second-order valence-electron chi connectivity index (χ2n) is 4.60. The number of nitrogens with one attached hydrogen (secondary N) is 1. The Balaban J connectivity index is 1.89. The van der Waals surface area contributed by atoms with Crippen molar-refractivity contribution in [1.82, 2.24) is 9.55 Å². The van der Waals surface area contributed by atoms with Crippen LogP contribution >= 0.6 is 38.5 Å². The molecule has 0 spiro atoms. The molecule has 0 radical (unpaired) electrons. The molecule has 1 N–H and O–H groups in total. The van der Waals surface area contributed by atoms with Gasteiger partial charge in [0.05, 0.1) is 5.69 Å². The van der Waals surface area contributed by atoms with Crippen LogP contribution in [0, 0.1) is 10.5 Å². The number of rotatable bonds is 3. The summed E-state index contributed by atoms with van der Waals surface area (Å²) in [7, 11) is 0. The van der Waals surface area contributed by atoms with Crippen molar-refractivity contribution in [3.05, 3.63) is 38.1 Å². The van der Waals surface area contributed by atoms with E-state index in [4.69, 9.17) is 0 Å². The van der Waals surface area contributed by atoms with Crippen LogP contribution in [0.4, 0.5) is 11.6 Å². The van der Waals surface area contributed by atoms with Crippen molar-refractivity contribution in [2.24, 2.45) is 0 Å². The first-order valence-corrected chi connectivity index (χ1v) is 7.78. The Labute approximate surface area is 128 Å². The number of halogens is 2. The zero-order chi connectivity index (χ0) is 12.7. The summed E-state index contributed by atoms with van der Waals surface area (Å²) < 4.78 is 4.57. The van der Waals surface area contributed by atoms with Gasteiger partial charge in [-0.05, 0) is 76.5 Å². The van der Waals surface area contributed by atoms with E-state index < -0.39 is 0 Å². The van der Waals surface area contributed by atoms with Gasteiger partial charge in [0.15, 0.2) is 0 Å². The molecule has 1 fully saturated rings. The molecular weight excluding hydrogens is 405 g/mol. The normalized spacial score (nSPS) is 14.8. The zero-order valence-electron chi connectivity index (χ0n) is 9.95. The highest BCUT2D eigenvalue weighted by Crippen LogP contribution is 2.38. The van der Waals surface area contributed by atoms with Gasteiger partial charge < -0.3 is 9.88 Å². The molecule has 3 nitrogen and oxygen atoms in total. The van der Waals surface area contributed by atoms with Crippen LogP contribution < -0.4 is 5.32 Å². The van der Waals surface area contributed by atoms with E-state index in [0.29, 0.717) is 6.04 Å². The maximum absolute atomic E-state index is 4.55. The number of aryl methyl sites for hydroxylation is 1. The van der Waals surface area contributed by atoms with Gasteiger partial charge in [0.25, 0.3) is 0 Å². The lowest BCUT2D eigenvalue weighted by molar-refractivity contribution is 0.750. The first kappa shape index (κ1) is 12.5. The average molecular weight is 418 g/mol. The predicted octanol–water partition coefficient (Wildman–Crippen LogP) is 4.64. The van der Waals surface area contributed by atoms with Gasteiger partial charge in [-0.25, -0.2) is 4.98 Å². The lowest BCUT2D eigenvalue weighted by atomic mass is 10.3. The van der Waals surface area contributed by atoms with Gasteiger partial charge in [-0.3, -0.25) is 0 Å². The molecule has 0 amide bonds. The van der Waals surface area contributed by atoms with Gasteiger partial charge in [0, 0.05) is 26.0 Å². The Hall–Kier alpha value is -0.560. The minimum Gasteiger partial charge on any atom is -0.326 e. The van der Waals surface area contributed by atoms with Gasteiger partial charge in [-0.1, -0.05) is 0 Å². The van der Waals surface area contributed by atoms with Crippen molar-refractivity contribution in [3.63, 3.8) is 0 Å². The minimum absolute atomic E-state index is 0.640. The van der Waals surface area contributed by atoms with E-state index in [0.717, 1.165) is 21.8 Å². The topological polar surface area (TPSA) is 29.9 Å². The third-order valence-electron chi connectivity index (χ3n) is 2.97. The van der Waals surface area contributed by atoms with Crippen molar-refractivity contribution in [2.75, 3.05) is 5.32 Å². The number of aromatic nitrogens is 2. The molecular formula is C13H13BrIN3. The van der Waals surface area contributed by atoms with Gasteiger partial charge in [-0.2, -0.15) is 0 Å². The second-order valence-corrected chi connectivity index (χ2v) is 6.61. The molecule has 1 aliphatic carbocycles. The van der Waals surface area contributed by atoms with Crippen molar-refractivity contribution < 1.29 is 0 Å². The van der Waals surface area contributed by atoms with E-state index in [1.54, 1.807) is 0 Å². The summed E-state index contributed by atoms with van der Waals surface area (Å²) >= 11 is 5.86. The van der Waals surface area contributed by atoms with Crippen LogP contribution in [0.5, 0.6) is 0 Å². The lowest BCUT2D eigenvalue weighted by Gasteiger charge is -2.09. The van der Waals surface area contributed by atoms with Crippen LogP contribution in [0.1, 0.15) is 24.6 Å². The highest BCUT2D eigenvalue weighted by Gasteiger charge is 2.26. The van der Waals surface area contributed by atoms with Crippen LogP contribution in [-0.2, 0) is 0 Å². The summed E-state index contributed by atoms with van der Waals surface area (Å²) in [4.78, 5) is 4.55. The summed E-state index contributed by atoms with van der Waals surface area (Å²) in [5.74, 6) is 0.947. The van der Waals surface area contributed by atoms with E-state index in [1.165, 1.54) is 16.4 Å². The van der Waals surface area contributed by atoms with E-state index in [-0.39, 0.29) is 0 Å². The standard InChI is InChI=1S/C13H13BrIN3/c1-8-7-18(10-3-4-10)13(16-8)17-9-2-5-12(15)11(14)6-9/h2,5-7,10H,3-4H2,1H3,(H,16,17). The Kier molecular flexibility index (Phi) is 3.36. The molecule has 1 aliphatic rings. The van der Waals surface area contributed by atoms with E-state index in [2.05, 4.69) is 77.8 Å². The number of hydrogen-bond acceptors (Lipinski definition) is 2. The Bertz CT molecular complexity index is 590. The third-order valence-corrected chi connectivity index (χ3v) is 5.31. The first-order chi connectivity index (χ1) is 8.63.